The van der Waals surface area contributed by atoms with Crippen LogP contribution in [-0.4, -0.2) is 17.0 Å². The molecule has 0 saturated heterocycles. The molecule has 1 rings (SSSR count). The average molecular weight is 211 g/mol. The maximum atomic E-state index is 13.1. The lowest BCUT2D eigenvalue weighted by Gasteiger charge is -2.00. The van der Waals surface area contributed by atoms with Gasteiger partial charge in [-0.2, -0.15) is 0 Å². The van der Waals surface area contributed by atoms with E-state index in [1.54, 1.807) is 0 Å². The zero-order chi connectivity index (χ0) is 11.6. The highest BCUT2D eigenvalue weighted by Gasteiger charge is 2.19. The third-order valence-electron chi connectivity index (χ3n) is 1.82. The number of halogens is 1. The topological polar surface area (TPSA) is 77.3 Å². The number of ketones is 1. The van der Waals surface area contributed by atoms with Gasteiger partial charge in [0.1, 0.15) is 5.82 Å². The first kappa shape index (κ1) is 11.0. The molecule has 15 heavy (non-hydrogen) atoms. The van der Waals surface area contributed by atoms with Gasteiger partial charge in [0.25, 0.3) is 5.69 Å². The van der Waals surface area contributed by atoms with Crippen LogP contribution in [0.2, 0.25) is 0 Å². The van der Waals surface area contributed by atoms with E-state index in [0.717, 1.165) is 13.0 Å². The standard InChI is InChI=1S/C9H6FNO4/c1-5(13)7-3-9(11(14)15)6(4-12)2-8(7)10/h2-4H,1H3. The highest BCUT2D eigenvalue weighted by Crippen LogP contribution is 2.21. The number of nitro groups is 1. The molecule has 0 radical (unpaired) electrons. The zero-order valence-corrected chi connectivity index (χ0v) is 7.69. The van der Waals surface area contributed by atoms with Crippen molar-refractivity contribution >= 4 is 17.8 Å². The number of nitrogens with zero attached hydrogens (tertiary/aromatic N) is 1. The Morgan fingerprint density at radius 1 is 1.53 bits per heavy atom. The van der Waals surface area contributed by atoms with Gasteiger partial charge in [0.2, 0.25) is 0 Å². The zero-order valence-electron chi connectivity index (χ0n) is 7.69. The van der Waals surface area contributed by atoms with E-state index in [1.165, 1.54) is 0 Å². The molecule has 5 nitrogen and oxygen atoms in total. The number of benzene rings is 1. The first-order chi connectivity index (χ1) is 6.97. The Hall–Kier alpha value is -2.11. The summed E-state index contributed by atoms with van der Waals surface area (Å²) in [4.78, 5) is 30.9. The second kappa shape index (κ2) is 3.95. The molecule has 1 aromatic rings. The Balaban J connectivity index is 3.50. The molecule has 0 fully saturated rings. The van der Waals surface area contributed by atoms with Crippen molar-refractivity contribution in [1.82, 2.24) is 0 Å². The highest BCUT2D eigenvalue weighted by atomic mass is 19.1. The number of nitro benzene ring substituents is 1. The molecule has 0 bridgehead atoms. The molecule has 78 valence electrons. The van der Waals surface area contributed by atoms with E-state index in [4.69, 9.17) is 0 Å². The van der Waals surface area contributed by atoms with E-state index in [1.807, 2.05) is 0 Å². The first-order valence-corrected chi connectivity index (χ1v) is 3.91. The van der Waals surface area contributed by atoms with Crippen molar-refractivity contribution in [3.05, 3.63) is 39.2 Å². The summed E-state index contributed by atoms with van der Waals surface area (Å²) in [7, 11) is 0. The van der Waals surface area contributed by atoms with Crippen molar-refractivity contribution in [1.29, 1.82) is 0 Å². The van der Waals surface area contributed by atoms with Gasteiger partial charge in [0.05, 0.1) is 16.1 Å². The normalized spacial score (nSPS) is 9.73. The van der Waals surface area contributed by atoms with Gasteiger partial charge < -0.3 is 0 Å². The van der Waals surface area contributed by atoms with E-state index in [-0.39, 0.29) is 11.8 Å². The van der Waals surface area contributed by atoms with Crippen molar-refractivity contribution in [2.24, 2.45) is 0 Å². The van der Waals surface area contributed by atoms with Crippen LogP contribution in [0, 0.1) is 15.9 Å². The van der Waals surface area contributed by atoms with Gasteiger partial charge in [-0.25, -0.2) is 4.39 Å². The SMILES string of the molecule is CC(=O)c1cc([N+](=O)[O-])c(C=O)cc1F. The summed E-state index contributed by atoms with van der Waals surface area (Å²) in [6.07, 6.45) is 0.172. The Morgan fingerprint density at radius 2 is 2.13 bits per heavy atom. The Bertz CT molecular complexity index is 456. The summed E-state index contributed by atoms with van der Waals surface area (Å²) in [5.74, 6) is -1.57. The van der Waals surface area contributed by atoms with Gasteiger partial charge in [-0.1, -0.05) is 0 Å². The summed E-state index contributed by atoms with van der Waals surface area (Å²) in [5, 5.41) is 10.5. The van der Waals surface area contributed by atoms with Crippen LogP contribution < -0.4 is 0 Å². The van der Waals surface area contributed by atoms with Crippen molar-refractivity contribution in [2.75, 3.05) is 0 Å². The van der Waals surface area contributed by atoms with Gasteiger partial charge in [0.15, 0.2) is 12.1 Å². The van der Waals surface area contributed by atoms with Crippen LogP contribution in [0.1, 0.15) is 27.6 Å². The van der Waals surface area contributed by atoms with E-state index >= 15 is 0 Å². The summed E-state index contributed by atoms with van der Waals surface area (Å²) < 4.78 is 13.1. The van der Waals surface area contributed by atoms with Crippen LogP contribution in [0.25, 0.3) is 0 Å². The van der Waals surface area contributed by atoms with E-state index in [0.29, 0.717) is 6.07 Å². The first-order valence-electron chi connectivity index (χ1n) is 3.91. The maximum Gasteiger partial charge on any atom is 0.280 e. The van der Waals surface area contributed by atoms with Crippen LogP contribution in [0.5, 0.6) is 0 Å². The molecule has 0 saturated carbocycles. The van der Waals surface area contributed by atoms with Gasteiger partial charge in [-0.3, -0.25) is 19.7 Å². The maximum absolute atomic E-state index is 13.1. The smallest absolute Gasteiger partial charge is 0.280 e. The second-order valence-electron chi connectivity index (χ2n) is 2.82. The number of aldehydes is 1. The Morgan fingerprint density at radius 3 is 2.53 bits per heavy atom. The van der Waals surface area contributed by atoms with E-state index < -0.39 is 27.8 Å². The van der Waals surface area contributed by atoms with Crippen molar-refractivity contribution < 1.29 is 18.9 Å². The molecule has 0 amide bonds. The van der Waals surface area contributed by atoms with Crippen LogP contribution in [-0.2, 0) is 0 Å². The number of rotatable bonds is 3. The number of Topliss-reactive ketones (excluding diaryl/α,β-unsaturated/α-hetero) is 1. The molecular weight excluding hydrogens is 205 g/mol. The Kier molecular flexibility index (Phi) is 2.89. The average Bonchev–Trinajstić information content (AvgIpc) is 2.16. The molecule has 0 aliphatic carbocycles. The highest BCUT2D eigenvalue weighted by molar-refractivity contribution is 5.96. The lowest BCUT2D eigenvalue weighted by Crippen LogP contribution is -2.02. The fourth-order valence-corrected chi connectivity index (χ4v) is 1.10. The summed E-state index contributed by atoms with van der Waals surface area (Å²) in [6, 6.07) is 1.45. The largest absolute Gasteiger partial charge is 0.298 e. The van der Waals surface area contributed by atoms with Crippen molar-refractivity contribution in [3.8, 4) is 0 Å². The molecular formula is C9H6FNO4. The predicted molar refractivity (Wildman–Crippen MR) is 48.4 cm³/mol. The molecule has 0 heterocycles. The van der Waals surface area contributed by atoms with Crippen LogP contribution in [0.15, 0.2) is 12.1 Å². The van der Waals surface area contributed by atoms with Crippen LogP contribution >= 0.6 is 0 Å². The molecule has 0 spiro atoms. The van der Waals surface area contributed by atoms with Gasteiger partial charge in [-0.05, 0) is 13.0 Å². The molecule has 0 aliphatic heterocycles. The van der Waals surface area contributed by atoms with Crippen molar-refractivity contribution in [2.45, 2.75) is 6.92 Å². The molecule has 1 aromatic carbocycles. The fourth-order valence-electron chi connectivity index (χ4n) is 1.10. The monoisotopic (exact) mass is 211 g/mol. The van der Waals surface area contributed by atoms with Crippen molar-refractivity contribution in [3.63, 3.8) is 0 Å². The van der Waals surface area contributed by atoms with Crippen LogP contribution in [0.3, 0.4) is 0 Å². The molecule has 0 aromatic heterocycles. The van der Waals surface area contributed by atoms with Gasteiger partial charge in [-0.15, -0.1) is 0 Å². The van der Waals surface area contributed by atoms with Gasteiger partial charge in [0, 0.05) is 6.07 Å². The summed E-state index contributed by atoms with van der Waals surface area (Å²) >= 11 is 0. The lowest BCUT2D eigenvalue weighted by molar-refractivity contribution is -0.385. The molecule has 0 aliphatic rings. The Labute approximate surface area is 83.7 Å². The number of carbonyl (C=O) groups is 2. The lowest BCUT2D eigenvalue weighted by atomic mass is 10.1. The molecule has 0 N–H and O–H groups in total. The van der Waals surface area contributed by atoms with Gasteiger partial charge >= 0.3 is 0 Å². The third kappa shape index (κ3) is 2.04. The minimum Gasteiger partial charge on any atom is -0.298 e. The predicted octanol–water partition coefficient (Wildman–Crippen LogP) is 1.75. The van der Waals surface area contributed by atoms with Crippen LogP contribution in [0.4, 0.5) is 10.1 Å². The summed E-state index contributed by atoms with van der Waals surface area (Å²) in [6.45, 7) is 1.09. The number of hydrogen-bond acceptors (Lipinski definition) is 4. The second-order valence-corrected chi connectivity index (χ2v) is 2.82. The van der Waals surface area contributed by atoms with E-state index in [2.05, 4.69) is 0 Å². The fraction of sp³-hybridized carbons (Fsp3) is 0.111. The molecule has 6 heteroatoms. The number of carbonyl (C=O) groups excluding carboxylic acids is 2. The third-order valence-corrected chi connectivity index (χ3v) is 1.82. The molecule has 0 atom stereocenters. The summed E-state index contributed by atoms with van der Waals surface area (Å²) in [5.41, 5.74) is -1.36. The van der Waals surface area contributed by atoms with E-state index in [9.17, 15) is 24.1 Å². The number of hydrogen-bond donors (Lipinski definition) is 0. The minimum atomic E-state index is -0.935. The minimum absolute atomic E-state index is 0.172. The molecule has 0 unspecified atom stereocenters. The quantitative estimate of drug-likeness (QED) is 0.330.